The molecule has 3 unspecified atom stereocenters. The number of nitrogens with one attached hydrogen (secondary N) is 2. The summed E-state index contributed by atoms with van der Waals surface area (Å²) in [5, 5.41) is 6.62. The van der Waals surface area contributed by atoms with Crippen molar-refractivity contribution in [1.29, 1.82) is 0 Å². The van der Waals surface area contributed by atoms with Gasteiger partial charge in [-0.25, -0.2) is 0 Å². The molecule has 2 bridgehead atoms. The molecule has 96 valence electrons. The summed E-state index contributed by atoms with van der Waals surface area (Å²) in [6, 6.07) is 4.93. The highest BCUT2D eigenvalue weighted by atomic mass is 16.2. The number of rotatable bonds is 3. The first-order valence-corrected chi connectivity index (χ1v) is 6.70. The topological polar surface area (TPSA) is 54.0 Å². The number of carbonyl (C=O) groups is 1. The van der Waals surface area contributed by atoms with Crippen molar-refractivity contribution in [3.63, 3.8) is 0 Å². The summed E-state index contributed by atoms with van der Waals surface area (Å²) in [6.07, 6.45) is 6.90. The second kappa shape index (κ2) is 4.69. The Morgan fingerprint density at radius 2 is 2.22 bits per heavy atom. The van der Waals surface area contributed by atoms with Crippen LogP contribution < -0.4 is 10.6 Å². The average Bonchev–Trinajstić information content (AvgIpc) is 3.02. The normalized spacial score (nSPS) is 31.3. The molecule has 0 radical (unpaired) electrons. The van der Waals surface area contributed by atoms with E-state index in [1.807, 2.05) is 19.1 Å². The molecular weight excluding hydrogens is 226 g/mol. The molecule has 0 spiro atoms. The maximum Gasteiger partial charge on any atom is 0.225 e. The monoisotopic (exact) mass is 245 g/mol. The van der Waals surface area contributed by atoms with E-state index < -0.39 is 0 Å². The number of nitrogens with zero attached hydrogens (tertiary/aromatic N) is 1. The fourth-order valence-corrected chi connectivity index (χ4v) is 3.17. The molecule has 1 amide bonds. The lowest BCUT2D eigenvalue weighted by molar-refractivity contribution is -0.126. The number of aromatic nitrogens is 1. The van der Waals surface area contributed by atoms with Crippen LogP contribution in [0.4, 0.5) is 0 Å². The number of carbonyl (C=O) groups excluding carboxylic acids is 1. The van der Waals surface area contributed by atoms with E-state index in [4.69, 9.17) is 0 Å². The van der Waals surface area contributed by atoms with Gasteiger partial charge >= 0.3 is 0 Å². The SMILES string of the molecule is C[C@@H](NC(=O)C1CC2CCC1N2)c1ccncc1. The number of hydrogen-bond donors (Lipinski definition) is 2. The minimum Gasteiger partial charge on any atom is -0.349 e. The van der Waals surface area contributed by atoms with Gasteiger partial charge in [-0.1, -0.05) is 0 Å². The molecule has 4 heteroatoms. The van der Waals surface area contributed by atoms with E-state index in [1.165, 1.54) is 6.42 Å². The minimum absolute atomic E-state index is 0.0552. The maximum absolute atomic E-state index is 12.3. The van der Waals surface area contributed by atoms with Crippen molar-refractivity contribution in [2.75, 3.05) is 0 Å². The van der Waals surface area contributed by atoms with Crippen molar-refractivity contribution >= 4 is 5.91 Å². The van der Waals surface area contributed by atoms with E-state index in [9.17, 15) is 4.79 Å². The van der Waals surface area contributed by atoms with E-state index in [0.717, 1.165) is 18.4 Å². The molecular formula is C14H19N3O. The highest BCUT2D eigenvalue weighted by Gasteiger charge is 2.42. The molecule has 2 aliphatic heterocycles. The van der Waals surface area contributed by atoms with Crippen LogP contribution in [0.25, 0.3) is 0 Å². The summed E-state index contributed by atoms with van der Waals surface area (Å²) in [5.74, 6) is 0.354. The van der Waals surface area contributed by atoms with E-state index in [-0.39, 0.29) is 17.9 Å². The van der Waals surface area contributed by atoms with Gasteiger partial charge in [0.05, 0.1) is 12.0 Å². The third-order valence-corrected chi connectivity index (χ3v) is 4.20. The summed E-state index contributed by atoms with van der Waals surface area (Å²) in [6.45, 7) is 2.02. The van der Waals surface area contributed by atoms with Gasteiger partial charge in [-0.3, -0.25) is 9.78 Å². The van der Waals surface area contributed by atoms with Crippen molar-refractivity contribution in [1.82, 2.24) is 15.6 Å². The molecule has 3 heterocycles. The van der Waals surface area contributed by atoms with Crippen LogP contribution in [0.2, 0.25) is 0 Å². The average molecular weight is 245 g/mol. The summed E-state index contributed by atoms with van der Waals surface area (Å²) >= 11 is 0. The fourth-order valence-electron chi connectivity index (χ4n) is 3.17. The second-order valence-corrected chi connectivity index (χ2v) is 5.40. The first kappa shape index (κ1) is 11.7. The zero-order valence-corrected chi connectivity index (χ0v) is 10.6. The van der Waals surface area contributed by atoms with Crippen molar-refractivity contribution in [3.8, 4) is 0 Å². The van der Waals surface area contributed by atoms with Crippen molar-refractivity contribution in [2.24, 2.45) is 5.92 Å². The molecule has 3 rings (SSSR count). The van der Waals surface area contributed by atoms with Crippen LogP contribution in [0, 0.1) is 5.92 Å². The van der Waals surface area contributed by atoms with E-state index in [1.54, 1.807) is 12.4 Å². The smallest absolute Gasteiger partial charge is 0.225 e. The third kappa shape index (κ3) is 2.12. The van der Waals surface area contributed by atoms with Crippen LogP contribution in [0.3, 0.4) is 0 Å². The molecule has 1 aromatic rings. The highest BCUT2D eigenvalue weighted by Crippen LogP contribution is 2.33. The lowest BCUT2D eigenvalue weighted by atomic mass is 9.88. The molecule has 18 heavy (non-hydrogen) atoms. The molecule has 2 saturated heterocycles. The molecule has 4 atom stereocenters. The molecule has 0 aliphatic carbocycles. The Balaban J connectivity index is 1.61. The minimum atomic E-state index is 0.0552. The van der Waals surface area contributed by atoms with Gasteiger partial charge in [-0.15, -0.1) is 0 Å². The molecule has 0 aromatic carbocycles. The van der Waals surface area contributed by atoms with Crippen LogP contribution >= 0.6 is 0 Å². The molecule has 0 saturated carbocycles. The Morgan fingerprint density at radius 1 is 1.44 bits per heavy atom. The zero-order chi connectivity index (χ0) is 12.5. The standard InChI is InChI=1S/C14H19N3O/c1-9(10-4-6-15-7-5-10)16-14(18)12-8-11-2-3-13(12)17-11/h4-7,9,11-13,17H,2-3,8H2,1H3,(H,16,18)/t9-,11?,12?,13?/m1/s1. The van der Waals surface area contributed by atoms with E-state index in [2.05, 4.69) is 15.6 Å². The largest absolute Gasteiger partial charge is 0.349 e. The first-order valence-electron chi connectivity index (χ1n) is 6.70. The lowest BCUT2D eigenvalue weighted by Crippen LogP contribution is -2.38. The van der Waals surface area contributed by atoms with Gasteiger partial charge in [-0.2, -0.15) is 0 Å². The van der Waals surface area contributed by atoms with Crippen LogP contribution in [-0.4, -0.2) is 23.0 Å². The highest BCUT2D eigenvalue weighted by molar-refractivity contribution is 5.80. The zero-order valence-electron chi connectivity index (χ0n) is 10.6. The predicted octanol–water partition coefficient (Wildman–Crippen LogP) is 1.40. The number of amides is 1. The van der Waals surface area contributed by atoms with Crippen LogP contribution in [-0.2, 0) is 4.79 Å². The van der Waals surface area contributed by atoms with Gasteiger partial charge in [0, 0.05) is 24.5 Å². The van der Waals surface area contributed by atoms with Crippen molar-refractivity contribution in [3.05, 3.63) is 30.1 Å². The van der Waals surface area contributed by atoms with E-state index in [0.29, 0.717) is 12.1 Å². The first-order chi connectivity index (χ1) is 8.74. The summed E-state index contributed by atoms with van der Waals surface area (Å²) in [5.41, 5.74) is 1.11. The predicted molar refractivity (Wildman–Crippen MR) is 68.8 cm³/mol. The number of fused-ring (bicyclic) bond motifs is 2. The second-order valence-electron chi connectivity index (χ2n) is 5.40. The van der Waals surface area contributed by atoms with Gasteiger partial charge in [0.15, 0.2) is 0 Å². The van der Waals surface area contributed by atoms with Gasteiger partial charge in [0.2, 0.25) is 5.91 Å². The molecule has 4 nitrogen and oxygen atoms in total. The van der Waals surface area contributed by atoms with Gasteiger partial charge in [0.1, 0.15) is 0 Å². The van der Waals surface area contributed by atoms with Gasteiger partial charge in [0.25, 0.3) is 0 Å². The molecule has 1 aromatic heterocycles. The molecule has 2 fully saturated rings. The van der Waals surface area contributed by atoms with E-state index >= 15 is 0 Å². The molecule has 2 N–H and O–H groups in total. The quantitative estimate of drug-likeness (QED) is 0.846. The van der Waals surface area contributed by atoms with Gasteiger partial charge in [-0.05, 0) is 43.9 Å². The Bertz CT molecular complexity index is 434. The van der Waals surface area contributed by atoms with Crippen LogP contribution in [0.1, 0.15) is 37.8 Å². The molecule has 2 aliphatic rings. The Kier molecular flexibility index (Phi) is 3.04. The summed E-state index contributed by atoms with van der Waals surface area (Å²) in [4.78, 5) is 16.2. The maximum atomic E-state index is 12.3. The van der Waals surface area contributed by atoms with Crippen molar-refractivity contribution < 1.29 is 4.79 Å². The van der Waals surface area contributed by atoms with Gasteiger partial charge < -0.3 is 10.6 Å². The van der Waals surface area contributed by atoms with Crippen LogP contribution in [0.15, 0.2) is 24.5 Å². The number of hydrogen-bond acceptors (Lipinski definition) is 3. The third-order valence-electron chi connectivity index (χ3n) is 4.20. The fraction of sp³-hybridized carbons (Fsp3) is 0.571. The van der Waals surface area contributed by atoms with Crippen LogP contribution in [0.5, 0.6) is 0 Å². The summed E-state index contributed by atoms with van der Waals surface area (Å²) < 4.78 is 0. The Labute approximate surface area is 107 Å². The number of pyridine rings is 1. The summed E-state index contributed by atoms with van der Waals surface area (Å²) in [7, 11) is 0. The lowest BCUT2D eigenvalue weighted by Gasteiger charge is -2.22. The Morgan fingerprint density at radius 3 is 2.83 bits per heavy atom. The Hall–Kier alpha value is -1.42. The van der Waals surface area contributed by atoms with Crippen molar-refractivity contribution in [2.45, 2.75) is 44.3 Å².